The van der Waals surface area contributed by atoms with Crippen LogP contribution in [-0.2, 0) is 6.54 Å². The molecule has 0 aliphatic rings. The number of hydrogen-bond donors (Lipinski definition) is 3. The van der Waals surface area contributed by atoms with Gasteiger partial charge in [0.2, 0.25) is 0 Å². The fourth-order valence-electron chi connectivity index (χ4n) is 1.52. The van der Waals surface area contributed by atoms with Crippen LogP contribution in [-0.4, -0.2) is 32.6 Å². The van der Waals surface area contributed by atoms with Gasteiger partial charge in [0.05, 0.1) is 18.3 Å². The second-order valence-electron chi connectivity index (χ2n) is 3.70. The standard InChI is InChI=1S/C11H13N5O2/c12-10-2-1-8(7-9(10)11(17)18)13-3-5-16-6-4-14-15-16/h1-2,4,6-7,13H,3,5,12H2,(H,17,18). The number of nitrogens with zero attached hydrogens (tertiary/aromatic N) is 3. The Bertz CT molecular complexity index is 538. The van der Waals surface area contributed by atoms with Crippen molar-refractivity contribution in [3.05, 3.63) is 36.2 Å². The molecule has 0 fully saturated rings. The predicted octanol–water partition coefficient (Wildman–Crippen LogP) is 0.671. The molecule has 0 aliphatic heterocycles. The summed E-state index contributed by atoms with van der Waals surface area (Å²) in [6, 6.07) is 4.82. The Morgan fingerprint density at radius 2 is 2.33 bits per heavy atom. The van der Waals surface area contributed by atoms with E-state index in [4.69, 9.17) is 10.8 Å². The van der Waals surface area contributed by atoms with Gasteiger partial charge in [0.25, 0.3) is 0 Å². The zero-order chi connectivity index (χ0) is 13.0. The van der Waals surface area contributed by atoms with Crippen LogP contribution in [0.15, 0.2) is 30.6 Å². The highest BCUT2D eigenvalue weighted by Gasteiger charge is 2.08. The number of nitrogen functional groups attached to an aromatic ring is 1. The molecule has 1 heterocycles. The number of rotatable bonds is 5. The van der Waals surface area contributed by atoms with E-state index in [1.165, 1.54) is 6.07 Å². The Morgan fingerprint density at radius 1 is 1.50 bits per heavy atom. The first-order chi connectivity index (χ1) is 8.66. The largest absolute Gasteiger partial charge is 0.478 e. The average Bonchev–Trinajstić information content (AvgIpc) is 2.84. The van der Waals surface area contributed by atoms with E-state index in [0.717, 1.165) is 0 Å². The first-order valence-electron chi connectivity index (χ1n) is 5.37. The Balaban J connectivity index is 1.97. The molecule has 0 amide bonds. The van der Waals surface area contributed by atoms with E-state index in [9.17, 15) is 4.79 Å². The number of carbonyl (C=O) groups is 1. The Morgan fingerprint density at radius 3 is 3.00 bits per heavy atom. The number of nitrogens with two attached hydrogens (primary N) is 1. The van der Waals surface area contributed by atoms with Gasteiger partial charge in [0, 0.05) is 24.1 Å². The van der Waals surface area contributed by atoms with Crippen molar-refractivity contribution in [2.24, 2.45) is 0 Å². The van der Waals surface area contributed by atoms with Gasteiger partial charge in [-0.1, -0.05) is 5.21 Å². The van der Waals surface area contributed by atoms with Crippen LogP contribution in [0.4, 0.5) is 11.4 Å². The summed E-state index contributed by atoms with van der Waals surface area (Å²) in [7, 11) is 0. The molecule has 0 unspecified atom stereocenters. The van der Waals surface area contributed by atoms with Crippen LogP contribution in [0.25, 0.3) is 0 Å². The van der Waals surface area contributed by atoms with Crippen LogP contribution in [0.2, 0.25) is 0 Å². The predicted molar refractivity (Wildman–Crippen MR) is 66.3 cm³/mol. The lowest BCUT2D eigenvalue weighted by Gasteiger charge is -2.08. The third-order valence-corrected chi connectivity index (χ3v) is 2.43. The molecular formula is C11H13N5O2. The molecule has 7 nitrogen and oxygen atoms in total. The molecule has 0 spiro atoms. The molecule has 1 aromatic carbocycles. The van der Waals surface area contributed by atoms with Crippen molar-refractivity contribution in [3.63, 3.8) is 0 Å². The van der Waals surface area contributed by atoms with Gasteiger partial charge in [0.15, 0.2) is 0 Å². The summed E-state index contributed by atoms with van der Waals surface area (Å²) >= 11 is 0. The lowest BCUT2D eigenvalue weighted by Crippen LogP contribution is -2.12. The summed E-state index contributed by atoms with van der Waals surface area (Å²) < 4.78 is 1.68. The molecule has 2 rings (SSSR count). The third kappa shape index (κ3) is 2.76. The van der Waals surface area contributed by atoms with Crippen molar-refractivity contribution in [2.45, 2.75) is 6.54 Å². The molecule has 2 aromatic rings. The number of aromatic nitrogens is 3. The van der Waals surface area contributed by atoms with E-state index >= 15 is 0 Å². The molecular weight excluding hydrogens is 234 g/mol. The number of anilines is 2. The van der Waals surface area contributed by atoms with Crippen LogP contribution in [0, 0.1) is 0 Å². The summed E-state index contributed by atoms with van der Waals surface area (Å²) in [5, 5.41) is 19.5. The Hall–Kier alpha value is -2.57. The molecule has 0 bridgehead atoms. The van der Waals surface area contributed by atoms with Gasteiger partial charge in [-0.15, -0.1) is 5.10 Å². The maximum atomic E-state index is 10.9. The minimum absolute atomic E-state index is 0.0979. The normalized spacial score (nSPS) is 10.2. The van der Waals surface area contributed by atoms with Crippen molar-refractivity contribution in [2.75, 3.05) is 17.6 Å². The summed E-state index contributed by atoms with van der Waals surface area (Å²) in [5.41, 5.74) is 6.63. The highest BCUT2D eigenvalue weighted by atomic mass is 16.4. The van der Waals surface area contributed by atoms with E-state index in [1.54, 1.807) is 29.2 Å². The molecule has 7 heteroatoms. The van der Waals surface area contributed by atoms with Crippen LogP contribution in [0.3, 0.4) is 0 Å². The van der Waals surface area contributed by atoms with Gasteiger partial charge in [0.1, 0.15) is 0 Å². The lowest BCUT2D eigenvalue weighted by molar-refractivity contribution is 0.0698. The molecule has 0 saturated carbocycles. The molecule has 0 aliphatic carbocycles. The number of carboxylic acid groups (broad SMARTS) is 1. The second-order valence-corrected chi connectivity index (χ2v) is 3.70. The SMILES string of the molecule is Nc1ccc(NCCn2ccnn2)cc1C(=O)O. The van der Waals surface area contributed by atoms with E-state index in [1.807, 2.05) is 0 Å². The fraction of sp³-hybridized carbons (Fsp3) is 0.182. The van der Waals surface area contributed by atoms with Gasteiger partial charge in [-0.3, -0.25) is 4.68 Å². The average molecular weight is 247 g/mol. The van der Waals surface area contributed by atoms with Crippen molar-refractivity contribution in [1.29, 1.82) is 0 Å². The number of benzene rings is 1. The minimum atomic E-state index is -1.03. The Kier molecular flexibility index (Phi) is 3.42. The monoisotopic (exact) mass is 247 g/mol. The van der Waals surface area contributed by atoms with Crippen LogP contribution in [0.5, 0.6) is 0 Å². The minimum Gasteiger partial charge on any atom is -0.478 e. The van der Waals surface area contributed by atoms with Crippen molar-refractivity contribution >= 4 is 17.3 Å². The number of aromatic carboxylic acids is 1. The first kappa shape index (κ1) is 11.9. The summed E-state index contributed by atoms with van der Waals surface area (Å²) in [6.07, 6.45) is 3.36. The van der Waals surface area contributed by atoms with Gasteiger partial charge in [-0.05, 0) is 18.2 Å². The maximum absolute atomic E-state index is 10.9. The quantitative estimate of drug-likeness (QED) is 0.670. The van der Waals surface area contributed by atoms with Gasteiger partial charge in [-0.2, -0.15) is 0 Å². The molecule has 0 atom stereocenters. The highest BCUT2D eigenvalue weighted by molar-refractivity contribution is 5.94. The van der Waals surface area contributed by atoms with Gasteiger partial charge < -0.3 is 16.2 Å². The number of carboxylic acids is 1. The highest BCUT2D eigenvalue weighted by Crippen LogP contribution is 2.17. The third-order valence-electron chi connectivity index (χ3n) is 2.43. The van der Waals surface area contributed by atoms with Gasteiger partial charge >= 0.3 is 5.97 Å². The van der Waals surface area contributed by atoms with E-state index in [2.05, 4.69) is 15.6 Å². The summed E-state index contributed by atoms with van der Waals surface area (Å²) in [6.45, 7) is 1.26. The Labute approximate surface area is 103 Å². The topological polar surface area (TPSA) is 106 Å². The van der Waals surface area contributed by atoms with E-state index in [-0.39, 0.29) is 11.3 Å². The molecule has 1 aromatic heterocycles. The van der Waals surface area contributed by atoms with Crippen molar-refractivity contribution in [1.82, 2.24) is 15.0 Å². The van der Waals surface area contributed by atoms with Crippen LogP contribution >= 0.6 is 0 Å². The smallest absolute Gasteiger partial charge is 0.337 e. The fourth-order valence-corrected chi connectivity index (χ4v) is 1.52. The first-order valence-corrected chi connectivity index (χ1v) is 5.37. The molecule has 18 heavy (non-hydrogen) atoms. The van der Waals surface area contributed by atoms with Gasteiger partial charge in [-0.25, -0.2) is 4.79 Å². The van der Waals surface area contributed by atoms with E-state index in [0.29, 0.717) is 18.8 Å². The van der Waals surface area contributed by atoms with Crippen LogP contribution < -0.4 is 11.1 Å². The van der Waals surface area contributed by atoms with E-state index < -0.39 is 5.97 Å². The zero-order valence-corrected chi connectivity index (χ0v) is 9.58. The van der Waals surface area contributed by atoms with Crippen molar-refractivity contribution < 1.29 is 9.90 Å². The van der Waals surface area contributed by atoms with Crippen LogP contribution in [0.1, 0.15) is 10.4 Å². The molecule has 94 valence electrons. The second kappa shape index (κ2) is 5.17. The molecule has 0 radical (unpaired) electrons. The summed E-state index contributed by atoms with van der Waals surface area (Å²) in [4.78, 5) is 10.9. The zero-order valence-electron chi connectivity index (χ0n) is 9.58. The number of nitrogens with one attached hydrogen (secondary N) is 1. The van der Waals surface area contributed by atoms with Crippen molar-refractivity contribution in [3.8, 4) is 0 Å². The molecule has 4 N–H and O–H groups in total. The maximum Gasteiger partial charge on any atom is 0.337 e. The molecule has 0 saturated heterocycles. The summed E-state index contributed by atoms with van der Waals surface area (Å²) in [5.74, 6) is -1.03. The lowest BCUT2D eigenvalue weighted by atomic mass is 10.1. The number of hydrogen-bond acceptors (Lipinski definition) is 5.